The molecule has 2 atom stereocenters. The highest BCUT2D eigenvalue weighted by atomic mass is 32.1. The summed E-state index contributed by atoms with van der Waals surface area (Å²) in [6.07, 6.45) is -0.216. The predicted molar refractivity (Wildman–Crippen MR) is 87.6 cm³/mol. The average Bonchev–Trinajstić information content (AvgIpc) is 3.03. The topological polar surface area (TPSA) is 65.0 Å². The summed E-state index contributed by atoms with van der Waals surface area (Å²) in [4.78, 5) is 30.3. The first kappa shape index (κ1) is 15.9. The number of ether oxygens (including phenoxy) is 2. The highest BCUT2D eigenvalue weighted by molar-refractivity contribution is 7.10. The fraction of sp³-hybridized carbons (Fsp3) is 0.471. The van der Waals surface area contributed by atoms with Crippen molar-refractivity contribution >= 4 is 29.0 Å². The Hall–Kier alpha value is -1.95. The van der Waals surface area contributed by atoms with Gasteiger partial charge in [0.25, 0.3) is 0 Å². The van der Waals surface area contributed by atoms with Crippen LogP contribution in [0.5, 0.6) is 0 Å². The maximum absolute atomic E-state index is 12.7. The molecule has 1 aromatic heterocycles. The molecule has 0 N–H and O–H groups in total. The quantitative estimate of drug-likeness (QED) is 0.798. The largest absolute Gasteiger partial charge is 0.462 e. The molecule has 0 radical (unpaired) electrons. The molecular formula is C17H19NO4S. The average molecular weight is 333 g/mol. The van der Waals surface area contributed by atoms with E-state index >= 15 is 0 Å². The maximum Gasteiger partial charge on any atom is 0.337 e. The second-order valence-corrected chi connectivity index (χ2v) is 7.05. The Morgan fingerprint density at radius 3 is 2.78 bits per heavy atom. The first-order valence-electron chi connectivity index (χ1n) is 7.60. The van der Waals surface area contributed by atoms with E-state index in [-0.39, 0.29) is 30.6 Å². The highest BCUT2D eigenvalue weighted by Gasteiger charge is 2.46. The van der Waals surface area contributed by atoms with Crippen molar-refractivity contribution in [3.05, 3.63) is 33.2 Å². The van der Waals surface area contributed by atoms with E-state index in [1.54, 1.807) is 11.3 Å². The fourth-order valence-corrected chi connectivity index (χ4v) is 4.17. The van der Waals surface area contributed by atoms with Crippen LogP contribution < -0.4 is 0 Å². The zero-order valence-electron chi connectivity index (χ0n) is 13.6. The summed E-state index contributed by atoms with van der Waals surface area (Å²) in [6, 6.07) is 1.99. The molecule has 5 nitrogen and oxygen atoms in total. The van der Waals surface area contributed by atoms with Gasteiger partial charge >= 0.3 is 11.9 Å². The SMILES string of the molecule is CC1=NC2=C(C(=O)OC2)C(c2sccc2C)C1C(=O)OC(C)C. The second-order valence-electron chi connectivity index (χ2n) is 6.10. The molecule has 3 rings (SSSR count). The number of hydrogen-bond acceptors (Lipinski definition) is 6. The van der Waals surface area contributed by atoms with Crippen LogP contribution in [0.4, 0.5) is 0 Å². The normalized spacial score (nSPS) is 23.7. The van der Waals surface area contributed by atoms with Crippen molar-refractivity contribution < 1.29 is 19.1 Å². The lowest BCUT2D eigenvalue weighted by Crippen LogP contribution is -2.36. The zero-order chi connectivity index (χ0) is 16.7. The molecule has 0 bridgehead atoms. The van der Waals surface area contributed by atoms with Gasteiger partial charge in [-0.05, 0) is 44.7 Å². The highest BCUT2D eigenvalue weighted by Crippen LogP contribution is 2.45. The molecule has 0 aliphatic carbocycles. The Balaban J connectivity index is 2.11. The zero-order valence-corrected chi connectivity index (χ0v) is 14.4. The smallest absolute Gasteiger partial charge is 0.337 e. The molecule has 2 aliphatic rings. The minimum Gasteiger partial charge on any atom is -0.462 e. The lowest BCUT2D eigenvalue weighted by Gasteiger charge is -2.29. The summed E-state index contributed by atoms with van der Waals surface area (Å²) in [5, 5.41) is 1.97. The molecule has 6 heteroatoms. The Morgan fingerprint density at radius 2 is 2.17 bits per heavy atom. The van der Waals surface area contributed by atoms with Gasteiger partial charge in [0.05, 0.1) is 17.4 Å². The summed E-state index contributed by atoms with van der Waals surface area (Å²) in [7, 11) is 0. The van der Waals surface area contributed by atoms with Crippen LogP contribution in [0.25, 0.3) is 0 Å². The minimum atomic E-state index is -0.584. The van der Waals surface area contributed by atoms with Gasteiger partial charge in [0, 0.05) is 16.5 Å². The van der Waals surface area contributed by atoms with Crippen molar-refractivity contribution in [1.82, 2.24) is 0 Å². The van der Waals surface area contributed by atoms with Gasteiger partial charge in [0.15, 0.2) is 0 Å². The molecule has 23 heavy (non-hydrogen) atoms. The van der Waals surface area contributed by atoms with Gasteiger partial charge in [0.1, 0.15) is 12.5 Å². The molecule has 0 amide bonds. The molecule has 2 aliphatic heterocycles. The van der Waals surface area contributed by atoms with E-state index < -0.39 is 5.92 Å². The molecule has 0 fully saturated rings. The molecular weight excluding hydrogens is 314 g/mol. The molecule has 122 valence electrons. The van der Waals surface area contributed by atoms with Gasteiger partial charge in [-0.25, -0.2) is 4.79 Å². The van der Waals surface area contributed by atoms with E-state index in [1.165, 1.54) is 0 Å². The van der Waals surface area contributed by atoms with Crippen LogP contribution in [0.15, 0.2) is 27.7 Å². The van der Waals surface area contributed by atoms with Crippen LogP contribution in [0.1, 0.15) is 37.1 Å². The summed E-state index contributed by atoms with van der Waals surface area (Å²) in [5.74, 6) is -1.68. The number of aliphatic imine (C=N–C) groups is 1. The van der Waals surface area contributed by atoms with Crippen molar-refractivity contribution in [2.45, 2.75) is 39.7 Å². The number of nitrogens with zero attached hydrogens (tertiary/aromatic N) is 1. The minimum absolute atomic E-state index is 0.179. The van der Waals surface area contributed by atoms with Crippen LogP contribution in [0, 0.1) is 12.8 Å². The van der Waals surface area contributed by atoms with Gasteiger partial charge in [-0.15, -0.1) is 11.3 Å². The number of aryl methyl sites for hydroxylation is 1. The van der Waals surface area contributed by atoms with Crippen LogP contribution in [0.3, 0.4) is 0 Å². The van der Waals surface area contributed by atoms with E-state index in [4.69, 9.17) is 9.47 Å². The van der Waals surface area contributed by atoms with E-state index in [0.717, 1.165) is 10.4 Å². The van der Waals surface area contributed by atoms with Crippen LogP contribution in [-0.4, -0.2) is 30.4 Å². The van der Waals surface area contributed by atoms with Crippen LogP contribution >= 0.6 is 11.3 Å². The predicted octanol–water partition coefficient (Wildman–Crippen LogP) is 2.99. The molecule has 2 unspecified atom stereocenters. The Morgan fingerprint density at radius 1 is 1.43 bits per heavy atom. The third-order valence-electron chi connectivity index (χ3n) is 4.07. The Bertz CT molecular complexity index is 729. The van der Waals surface area contributed by atoms with Gasteiger partial charge in [0.2, 0.25) is 0 Å². The first-order chi connectivity index (χ1) is 10.9. The number of esters is 2. The fourth-order valence-electron chi connectivity index (χ4n) is 3.09. The van der Waals surface area contributed by atoms with E-state index in [0.29, 0.717) is 17.0 Å². The van der Waals surface area contributed by atoms with Gasteiger partial charge in [-0.1, -0.05) is 0 Å². The number of thiophene rings is 1. The molecule has 3 heterocycles. The number of hydrogen-bond donors (Lipinski definition) is 0. The molecule has 0 spiro atoms. The van der Waals surface area contributed by atoms with E-state index in [1.807, 2.05) is 39.1 Å². The van der Waals surface area contributed by atoms with Crippen molar-refractivity contribution in [2.24, 2.45) is 10.9 Å². The second kappa shape index (κ2) is 5.92. The Labute approximate surface area is 139 Å². The third-order valence-corrected chi connectivity index (χ3v) is 5.17. The summed E-state index contributed by atoms with van der Waals surface area (Å²) in [6.45, 7) is 7.60. The molecule has 1 aromatic rings. The van der Waals surface area contributed by atoms with Crippen LogP contribution in [-0.2, 0) is 19.1 Å². The van der Waals surface area contributed by atoms with E-state index in [9.17, 15) is 9.59 Å². The maximum atomic E-state index is 12.7. The van der Waals surface area contributed by atoms with Crippen molar-refractivity contribution in [3.8, 4) is 0 Å². The first-order valence-corrected chi connectivity index (χ1v) is 8.48. The van der Waals surface area contributed by atoms with E-state index in [2.05, 4.69) is 4.99 Å². The standard InChI is InChI=1S/C17H19NO4S/c1-8(2)22-17(20)12-10(4)18-11-7-21-16(19)13(11)14(12)15-9(3)5-6-23-15/h5-6,8,12,14H,7H2,1-4H3. The number of cyclic esters (lactones) is 1. The lowest BCUT2D eigenvalue weighted by atomic mass is 9.78. The summed E-state index contributed by atoms with van der Waals surface area (Å²) >= 11 is 1.54. The van der Waals surface area contributed by atoms with Crippen molar-refractivity contribution in [1.29, 1.82) is 0 Å². The molecule has 0 aromatic carbocycles. The van der Waals surface area contributed by atoms with Crippen molar-refractivity contribution in [2.75, 3.05) is 6.61 Å². The third kappa shape index (κ3) is 2.72. The van der Waals surface area contributed by atoms with Gasteiger partial charge < -0.3 is 9.47 Å². The van der Waals surface area contributed by atoms with Crippen molar-refractivity contribution in [3.63, 3.8) is 0 Å². The monoisotopic (exact) mass is 333 g/mol. The number of carbonyl (C=O) groups excluding carboxylic acids is 2. The summed E-state index contributed by atoms with van der Waals surface area (Å²) in [5.41, 5.74) is 2.87. The molecule has 0 saturated carbocycles. The lowest BCUT2D eigenvalue weighted by molar-refractivity contribution is -0.150. The molecule has 0 saturated heterocycles. The number of carbonyl (C=O) groups is 2. The summed E-state index contributed by atoms with van der Waals surface area (Å²) < 4.78 is 10.6. The van der Waals surface area contributed by atoms with Gasteiger partial charge in [-0.3, -0.25) is 9.79 Å². The Kier molecular flexibility index (Phi) is 4.10. The van der Waals surface area contributed by atoms with Crippen LogP contribution in [0.2, 0.25) is 0 Å². The number of rotatable bonds is 3. The van der Waals surface area contributed by atoms with Gasteiger partial charge in [-0.2, -0.15) is 0 Å².